The van der Waals surface area contributed by atoms with Crippen LogP contribution in [-0.4, -0.2) is 47.8 Å². The average molecular weight is 331 g/mol. The van der Waals surface area contributed by atoms with Crippen molar-refractivity contribution in [2.24, 2.45) is 0 Å². The van der Waals surface area contributed by atoms with Crippen LogP contribution in [0.1, 0.15) is 12.0 Å². The minimum Gasteiger partial charge on any atom is -0.497 e. The van der Waals surface area contributed by atoms with Gasteiger partial charge < -0.3 is 14.7 Å². The fraction of sp³-hybridized carbons (Fsp3) is 0.333. The summed E-state index contributed by atoms with van der Waals surface area (Å²) in [6.07, 6.45) is -0.0718. The summed E-state index contributed by atoms with van der Waals surface area (Å²) in [5.41, 5.74) is -1.53. The van der Waals surface area contributed by atoms with Crippen LogP contribution < -0.4 is 4.74 Å². The number of hydrogen-bond donors (Lipinski definition) is 1. The summed E-state index contributed by atoms with van der Waals surface area (Å²) in [5, 5.41) is 10.8. The van der Waals surface area contributed by atoms with Crippen LogP contribution in [0, 0.1) is 0 Å². The first kappa shape index (κ1) is 16.2. The molecule has 1 N–H and O–H groups in total. The molecule has 0 saturated carbocycles. The third kappa shape index (κ3) is 2.91. The number of hydrogen-bond acceptors (Lipinski definition) is 3. The number of benzene rings is 2. The van der Waals surface area contributed by atoms with Gasteiger partial charge in [0.05, 0.1) is 20.1 Å². The third-order valence-electron chi connectivity index (χ3n) is 4.48. The molecular formula is C18H18FNO4. The second-order valence-electron chi connectivity index (χ2n) is 6.02. The zero-order valence-electron chi connectivity index (χ0n) is 13.3. The van der Waals surface area contributed by atoms with E-state index in [9.17, 15) is 14.0 Å². The smallest absolute Gasteiger partial charge is 0.343 e. The van der Waals surface area contributed by atoms with Gasteiger partial charge in [-0.1, -0.05) is 24.3 Å². The molecule has 126 valence electrons. The Labute approximate surface area is 138 Å². The minimum atomic E-state index is -2.34. The van der Waals surface area contributed by atoms with E-state index < -0.39 is 18.2 Å². The van der Waals surface area contributed by atoms with Crippen molar-refractivity contribution in [1.82, 2.24) is 4.90 Å². The van der Waals surface area contributed by atoms with Gasteiger partial charge in [0.1, 0.15) is 5.75 Å². The lowest BCUT2D eigenvalue weighted by atomic mass is 10.0. The lowest BCUT2D eigenvalue weighted by Gasteiger charge is -2.18. The first-order valence-electron chi connectivity index (χ1n) is 7.69. The quantitative estimate of drug-likeness (QED) is 0.934. The predicted molar refractivity (Wildman–Crippen MR) is 86.9 cm³/mol. The predicted octanol–water partition coefficient (Wildman–Crippen LogP) is 2.42. The maximum absolute atomic E-state index is 14.1. The van der Waals surface area contributed by atoms with E-state index in [0.29, 0.717) is 5.75 Å². The van der Waals surface area contributed by atoms with Crippen LogP contribution in [0.25, 0.3) is 10.8 Å². The molecule has 3 rings (SSSR count). The van der Waals surface area contributed by atoms with Crippen molar-refractivity contribution in [2.45, 2.75) is 18.5 Å². The Kier molecular flexibility index (Phi) is 4.13. The van der Waals surface area contributed by atoms with E-state index in [-0.39, 0.29) is 25.3 Å². The van der Waals surface area contributed by atoms with Crippen LogP contribution in [0.15, 0.2) is 36.4 Å². The van der Waals surface area contributed by atoms with Crippen LogP contribution in [0.2, 0.25) is 0 Å². The Morgan fingerprint density at radius 1 is 1.33 bits per heavy atom. The average Bonchev–Trinajstić information content (AvgIpc) is 2.99. The summed E-state index contributed by atoms with van der Waals surface area (Å²) in [7, 11) is 1.58. The summed E-state index contributed by atoms with van der Waals surface area (Å²) in [6, 6.07) is 11.3. The molecule has 6 heteroatoms. The van der Waals surface area contributed by atoms with Crippen molar-refractivity contribution < 1.29 is 23.8 Å². The zero-order chi connectivity index (χ0) is 17.3. The lowest BCUT2D eigenvalue weighted by molar-refractivity contribution is -0.150. The number of nitrogens with zero attached hydrogens (tertiary/aromatic N) is 1. The van der Waals surface area contributed by atoms with E-state index in [1.807, 2.05) is 36.4 Å². The van der Waals surface area contributed by atoms with E-state index in [4.69, 9.17) is 9.84 Å². The van der Waals surface area contributed by atoms with E-state index in [1.54, 1.807) is 7.11 Å². The Bertz CT molecular complexity index is 807. The molecule has 1 aliphatic rings. The van der Waals surface area contributed by atoms with E-state index in [2.05, 4.69) is 0 Å². The molecule has 2 aromatic rings. The Morgan fingerprint density at radius 3 is 2.79 bits per heavy atom. The molecule has 0 aliphatic carbocycles. The molecule has 1 saturated heterocycles. The molecule has 1 amide bonds. The van der Waals surface area contributed by atoms with Crippen LogP contribution in [-0.2, 0) is 16.0 Å². The molecule has 1 fully saturated rings. The monoisotopic (exact) mass is 331 g/mol. The van der Waals surface area contributed by atoms with Crippen molar-refractivity contribution in [3.63, 3.8) is 0 Å². The number of carboxylic acids is 1. The molecule has 0 spiro atoms. The first-order chi connectivity index (χ1) is 11.4. The highest BCUT2D eigenvalue weighted by Gasteiger charge is 2.46. The van der Waals surface area contributed by atoms with E-state index in [0.717, 1.165) is 16.3 Å². The fourth-order valence-electron chi connectivity index (χ4n) is 3.03. The van der Waals surface area contributed by atoms with Gasteiger partial charge in [0.25, 0.3) is 0 Å². The van der Waals surface area contributed by atoms with Gasteiger partial charge in [0, 0.05) is 13.0 Å². The molecule has 0 radical (unpaired) electrons. The maximum Gasteiger partial charge on any atom is 0.343 e. The van der Waals surface area contributed by atoms with Crippen LogP contribution in [0.3, 0.4) is 0 Å². The molecule has 0 bridgehead atoms. The summed E-state index contributed by atoms with van der Waals surface area (Å²) >= 11 is 0. The number of likely N-dealkylation sites (tertiary alicyclic amines) is 1. The Hall–Kier alpha value is -2.63. The molecule has 1 aliphatic heterocycles. The highest BCUT2D eigenvalue weighted by Crippen LogP contribution is 2.28. The number of rotatable bonds is 4. The molecule has 5 nitrogen and oxygen atoms in total. The van der Waals surface area contributed by atoms with Gasteiger partial charge in [-0.15, -0.1) is 0 Å². The molecular weight excluding hydrogens is 313 g/mol. The number of amides is 1. The van der Waals surface area contributed by atoms with Gasteiger partial charge in [-0.25, -0.2) is 9.18 Å². The third-order valence-corrected chi connectivity index (χ3v) is 4.48. The van der Waals surface area contributed by atoms with E-state index in [1.165, 1.54) is 4.90 Å². The molecule has 1 atom stereocenters. The van der Waals surface area contributed by atoms with Crippen LogP contribution in [0.4, 0.5) is 4.39 Å². The number of carboxylic acid groups (broad SMARTS) is 1. The van der Waals surface area contributed by atoms with Crippen LogP contribution in [0.5, 0.6) is 5.75 Å². The van der Waals surface area contributed by atoms with Crippen molar-refractivity contribution in [2.75, 3.05) is 20.2 Å². The summed E-state index contributed by atoms with van der Waals surface area (Å²) in [5.74, 6) is -1.09. The molecule has 2 aromatic carbocycles. The largest absolute Gasteiger partial charge is 0.497 e. The molecule has 24 heavy (non-hydrogen) atoms. The lowest BCUT2D eigenvalue weighted by Crippen LogP contribution is -2.39. The van der Waals surface area contributed by atoms with Crippen LogP contribution >= 0.6 is 0 Å². The van der Waals surface area contributed by atoms with Crippen molar-refractivity contribution in [3.8, 4) is 5.75 Å². The van der Waals surface area contributed by atoms with Gasteiger partial charge in [0.2, 0.25) is 11.6 Å². The van der Waals surface area contributed by atoms with Gasteiger partial charge in [-0.2, -0.15) is 0 Å². The van der Waals surface area contributed by atoms with Gasteiger partial charge in [-0.3, -0.25) is 4.79 Å². The summed E-state index contributed by atoms with van der Waals surface area (Å²) < 4.78 is 19.4. The number of methoxy groups -OCH3 is 1. The standard InChI is InChI=1S/C18H18FNO4/c1-24-14-6-5-12-3-2-4-13(15(12)10-14)9-16(21)20-8-7-18(19,11-20)17(22)23/h2-6,10H,7-9,11H2,1H3,(H,22,23). The topological polar surface area (TPSA) is 66.8 Å². The second-order valence-corrected chi connectivity index (χ2v) is 6.02. The summed E-state index contributed by atoms with van der Waals surface area (Å²) in [6.45, 7) is -0.273. The van der Waals surface area contributed by atoms with Crippen molar-refractivity contribution in [1.29, 1.82) is 0 Å². The number of halogens is 1. The van der Waals surface area contributed by atoms with Gasteiger partial charge >= 0.3 is 5.97 Å². The molecule has 0 aromatic heterocycles. The summed E-state index contributed by atoms with van der Waals surface area (Å²) in [4.78, 5) is 24.7. The van der Waals surface area contributed by atoms with Gasteiger partial charge in [0.15, 0.2) is 0 Å². The maximum atomic E-state index is 14.1. The number of carbonyl (C=O) groups excluding carboxylic acids is 1. The van der Waals surface area contributed by atoms with E-state index >= 15 is 0 Å². The zero-order valence-corrected chi connectivity index (χ0v) is 13.3. The number of aliphatic carboxylic acids is 1. The minimum absolute atomic E-state index is 0.0974. The number of alkyl halides is 1. The second kappa shape index (κ2) is 6.11. The van der Waals surface area contributed by atoms with Gasteiger partial charge in [-0.05, 0) is 28.5 Å². The normalized spacial score (nSPS) is 20.3. The van der Waals surface area contributed by atoms with Crippen molar-refractivity contribution >= 4 is 22.6 Å². The Balaban J connectivity index is 1.82. The number of carbonyl (C=O) groups is 2. The Morgan fingerprint density at radius 2 is 2.12 bits per heavy atom. The fourth-order valence-corrected chi connectivity index (χ4v) is 3.03. The molecule has 1 heterocycles. The number of fused-ring (bicyclic) bond motifs is 1. The highest BCUT2D eigenvalue weighted by molar-refractivity contribution is 5.91. The van der Waals surface area contributed by atoms with Crippen molar-refractivity contribution in [3.05, 3.63) is 42.0 Å². The first-order valence-corrected chi connectivity index (χ1v) is 7.69. The molecule has 1 unspecified atom stereocenters. The highest BCUT2D eigenvalue weighted by atomic mass is 19.1. The number of ether oxygens (including phenoxy) is 1. The SMILES string of the molecule is COc1ccc2cccc(CC(=O)N3CCC(F)(C(=O)O)C3)c2c1.